The Morgan fingerprint density at radius 3 is 2.61 bits per heavy atom. The molecule has 2 aromatic rings. The number of methoxy groups -OCH3 is 1. The minimum Gasteiger partial charge on any atom is -0.497 e. The van der Waals surface area contributed by atoms with Crippen LogP contribution in [0.2, 0.25) is 0 Å². The predicted molar refractivity (Wildman–Crippen MR) is 120 cm³/mol. The van der Waals surface area contributed by atoms with Gasteiger partial charge in [0.2, 0.25) is 0 Å². The minimum absolute atomic E-state index is 0. The van der Waals surface area contributed by atoms with Gasteiger partial charge in [-0.25, -0.2) is 0 Å². The van der Waals surface area contributed by atoms with E-state index >= 15 is 0 Å². The van der Waals surface area contributed by atoms with Crippen molar-refractivity contribution >= 4 is 29.9 Å². The number of aliphatic imine (C=N–C) groups is 1. The van der Waals surface area contributed by atoms with Crippen molar-refractivity contribution in [2.75, 3.05) is 47.0 Å². The standard InChI is InChI=1S/C19H28N6O2.HI/c1-20-19(21-13-16-7-8-23-24-16)22-14-18(25-9-11-27-12-10-25)15-3-5-17(26-2)6-4-15;/h3-8,18H,9-14H2,1-2H3,(H,23,24)(H2,20,21,22);1H. The van der Waals surface area contributed by atoms with Gasteiger partial charge in [-0.3, -0.25) is 15.0 Å². The molecule has 9 heteroatoms. The van der Waals surface area contributed by atoms with Crippen molar-refractivity contribution in [3.63, 3.8) is 0 Å². The van der Waals surface area contributed by atoms with Crippen LogP contribution in [0, 0.1) is 0 Å². The number of aromatic nitrogens is 2. The first-order valence-corrected chi connectivity index (χ1v) is 9.18. The maximum absolute atomic E-state index is 5.52. The summed E-state index contributed by atoms with van der Waals surface area (Å²) in [4.78, 5) is 6.77. The lowest BCUT2D eigenvalue weighted by atomic mass is 10.0. The molecule has 1 saturated heterocycles. The number of ether oxygens (including phenoxy) is 2. The van der Waals surface area contributed by atoms with Crippen LogP contribution < -0.4 is 15.4 Å². The quantitative estimate of drug-likeness (QED) is 0.305. The summed E-state index contributed by atoms with van der Waals surface area (Å²) in [6, 6.07) is 10.4. The summed E-state index contributed by atoms with van der Waals surface area (Å²) in [5, 5.41) is 13.7. The van der Waals surface area contributed by atoms with E-state index in [1.807, 2.05) is 18.2 Å². The molecule has 0 spiro atoms. The van der Waals surface area contributed by atoms with Crippen LogP contribution in [-0.4, -0.2) is 68.1 Å². The number of benzene rings is 1. The first-order valence-electron chi connectivity index (χ1n) is 9.18. The van der Waals surface area contributed by atoms with Crippen molar-refractivity contribution in [1.82, 2.24) is 25.7 Å². The molecule has 0 aliphatic carbocycles. The third-order valence-electron chi connectivity index (χ3n) is 4.68. The number of aromatic amines is 1. The molecule has 1 aliphatic rings. The molecule has 1 unspecified atom stereocenters. The summed E-state index contributed by atoms with van der Waals surface area (Å²) in [6.45, 7) is 4.75. The second-order valence-electron chi connectivity index (χ2n) is 6.33. The molecule has 1 atom stereocenters. The highest BCUT2D eigenvalue weighted by molar-refractivity contribution is 14.0. The molecule has 3 N–H and O–H groups in total. The van der Waals surface area contributed by atoms with E-state index in [9.17, 15) is 0 Å². The molecular weight excluding hydrogens is 471 g/mol. The molecule has 1 aromatic carbocycles. The maximum atomic E-state index is 5.52. The number of nitrogens with one attached hydrogen (secondary N) is 3. The van der Waals surface area contributed by atoms with Crippen molar-refractivity contribution in [3.8, 4) is 5.75 Å². The number of hydrogen-bond acceptors (Lipinski definition) is 5. The van der Waals surface area contributed by atoms with Crippen LogP contribution in [0.25, 0.3) is 0 Å². The van der Waals surface area contributed by atoms with Gasteiger partial charge in [0.05, 0.1) is 38.6 Å². The molecule has 28 heavy (non-hydrogen) atoms. The number of morpholine rings is 1. The highest BCUT2D eigenvalue weighted by Gasteiger charge is 2.23. The lowest BCUT2D eigenvalue weighted by molar-refractivity contribution is 0.0170. The topological polar surface area (TPSA) is 86.8 Å². The van der Waals surface area contributed by atoms with Gasteiger partial charge in [-0.05, 0) is 23.8 Å². The summed E-state index contributed by atoms with van der Waals surface area (Å²) in [7, 11) is 3.46. The lowest BCUT2D eigenvalue weighted by Gasteiger charge is -2.35. The predicted octanol–water partition coefficient (Wildman–Crippen LogP) is 1.77. The third-order valence-corrected chi connectivity index (χ3v) is 4.68. The van der Waals surface area contributed by atoms with E-state index in [0.717, 1.165) is 50.3 Å². The van der Waals surface area contributed by atoms with Gasteiger partial charge in [0.25, 0.3) is 0 Å². The first-order chi connectivity index (χ1) is 13.3. The van der Waals surface area contributed by atoms with Crippen molar-refractivity contribution in [3.05, 3.63) is 47.8 Å². The normalized spacial score (nSPS) is 16.1. The molecule has 2 heterocycles. The van der Waals surface area contributed by atoms with E-state index in [0.29, 0.717) is 6.54 Å². The fourth-order valence-corrected chi connectivity index (χ4v) is 3.15. The van der Waals surface area contributed by atoms with Crippen LogP contribution in [0.5, 0.6) is 5.75 Å². The molecule has 1 aromatic heterocycles. The zero-order valence-corrected chi connectivity index (χ0v) is 18.7. The van der Waals surface area contributed by atoms with Gasteiger partial charge in [-0.15, -0.1) is 24.0 Å². The number of H-pyrrole nitrogens is 1. The summed E-state index contributed by atoms with van der Waals surface area (Å²) in [6.07, 6.45) is 1.74. The van der Waals surface area contributed by atoms with Crippen LogP contribution >= 0.6 is 24.0 Å². The Kier molecular flexibility index (Phi) is 9.51. The summed E-state index contributed by atoms with van der Waals surface area (Å²) in [5.41, 5.74) is 2.26. The number of nitrogens with zero attached hydrogens (tertiary/aromatic N) is 3. The number of hydrogen-bond donors (Lipinski definition) is 3. The summed E-state index contributed by atoms with van der Waals surface area (Å²) in [5.74, 6) is 1.63. The van der Waals surface area contributed by atoms with Gasteiger partial charge < -0.3 is 20.1 Å². The summed E-state index contributed by atoms with van der Waals surface area (Å²) < 4.78 is 10.8. The minimum atomic E-state index is 0. The zero-order valence-electron chi connectivity index (χ0n) is 16.4. The van der Waals surface area contributed by atoms with Crippen LogP contribution in [0.3, 0.4) is 0 Å². The molecule has 0 bridgehead atoms. The van der Waals surface area contributed by atoms with Crippen LogP contribution in [-0.2, 0) is 11.3 Å². The zero-order chi connectivity index (χ0) is 18.9. The Balaban J connectivity index is 0.00000280. The smallest absolute Gasteiger partial charge is 0.191 e. The van der Waals surface area contributed by atoms with Crippen LogP contribution in [0.4, 0.5) is 0 Å². The van der Waals surface area contributed by atoms with Crippen molar-refractivity contribution in [1.29, 1.82) is 0 Å². The second-order valence-corrected chi connectivity index (χ2v) is 6.33. The van der Waals surface area contributed by atoms with E-state index < -0.39 is 0 Å². The van der Waals surface area contributed by atoms with E-state index in [1.165, 1.54) is 5.56 Å². The van der Waals surface area contributed by atoms with Gasteiger partial charge in [0.15, 0.2) is 5.96 Å². The first kappa shape index (κ1) is 22.4. The Morgan fingerprint density at radius 2 is 2.00 bits per heavy atom. The van der Waals surface area contributed by atoms with E-state index in [-0.39, 0.29) is 30.0 Å². The average molecular weight is 500 g/mol. The lowest BCUT2D eigenvalue weighted by Crippen LogP contribution is -2.46. The SMILES string of the molecule is CN=C(NCc1ccn[nH]1)NCC(c1ccc(OC)cc1)N1CCOCC1.I. The highest BCUT2D eigenvalue weighted by atomic mass is 127. The fraction of sp³-hybridized carbons (Fsp3) is 0.474. The molecule has 154 valence electrons. The van der Waals surface area contributed by atoms with E-state index in [2.05, 4.69) is 42.9 Å². The molecule has 0 amide bonds. The Bertz CT molecular complexity index is 702. The monoisotopic (exact) mass is 500 g/mol. The molecule has 3 rings (SSSR count). The molecule has 8 nitrogen and oxygen atoms in total. The van der Waals surface area contributed by atoms with Crippen LogP contribution in [0.1, 0.15) is 17.3 Å². The Morgan fingerprint density at radius 1 is 1.25 bits per heavy atom. The van der Waals surface area contributed by atoms with E-state index in [1.54, 1.807) is 20.4 Å². The van der Waals surface area contributed by atoms with Gasteiger partial charge >= 0.3 is 0 Å². The van der Waals surface area contributed by atoms with Gasteiger partial charge in [0, 0.05) is 32.9 Å². The molecule has 1 fully saturated rings. The van der Waals surface area contributed by atoms with E-state index in [4.69, 9.17) is 9.47 Å². The number of rotatable bonds is 7. The van der Waals surface area contributed by atoms with Gasteiger partial charge in [-0.1, -0.05) is 12.1 Å². The third kappa shape index (κ3) is 6.35. The van der Waals surface area contributed by atoms with Crippen LogP contribution in [0.15, 0.2) is 41.5 Å². The maximum Gasteiger partial charge on any atom is 0.191 e. The average Bonchev–Trinajstić information content (AvgIpc) is 3.25. The molecule has 0 radical (unpaired) electrons. The largest absolute Gasteiger partial charge is 0.497 e. The summed E-state index contributed by atoms with van der Waals surface area (Å²) >= 11 is 0. The molecule has 1 aliphatic heterocycles. The Hall–Kier alpha value is -1.85. The number of halogens is 1. The molecule has 0 saturated carbocycles. The number of guanidine groups is 1. The van der Waals surface area contributed by atoms with Crippen molar-refractivity contribution < 1.29 is 9.47 Å². The fourth-order valence-electron chi connectivity index (χ4n) is 3.15. The molecular formula is C19H29IN6O2. The van der Waals surface area contributed by atoms with Crippen molar-refractivity contribution in [2.24, 2.45) is 4.99 Å². The highest BCUT2D eigenvalue weighted by Crippen LogP contribution is 2.23. The second kappa shape index (κ2) is 11.9. The van der Waals surface area contributed by atoms with Gasteiger partial charge in [0.1, 0.15) is 5.75 Å². The Labute approximate surface area is 183 Å². The van der Waals surface area contributed by atoms with Crippen molar-refractivity contribution in [2.45, 2.75) is 12.6 Å². The van der Waals surface area contributed by atoms with Gasteiger partial charge in [-0.2, -0.15) is 5.10 Å².